The van der Waals surface area contributed by atoms with Gasteiger partial charge in [0.15, 0.2) is 5.78 Å². The number of ketones is 1. The van der Waals surface area contributed by atoms with Crippen LogP contribution < -0.4 is 4.74 Å². The van der Waals surface area contributed by atoms with Crippen LogP contribution in [0.5, 0.6) is 5.75 Å². The van der Waals surface area contributed by atoms with E-state index >= 15 is 0 Å². The second kappa shape index (κ2) is 6.56. The largest absolute Gasteiger partial charge is 0.497 e. The number of carbonyl (C=O) groups excluding carboxylic acids is 1. The smallest absolute Gasteiger partial charge is 0.176 e. The Labute approximate surface area is 125 Å². The second-order valence-corrected chi connectivity index (χ2v) is 6.01. The van der Waals surface area contributed by atoms with Crippen molar-refractivity contribution in [3.63, 3.8) is 0 Å². The average Bonchev–Trinajstić information content (AvgIpc) is 2.45. The van der Waals surface area contributed by atoms with E-state index in [0.29, 0.717) is 30.9 Å². The van der Waals surface area contributed by atoms with Crippen molar-refractivity contribution in [3.8, 4) is 5.75 Å². The highest BCUT2D eigenvalue weighted by Crippen LogP contribution is 2.21. The third-order valence-electron chi connectivity index (χ3n) is 3.51. The van der Waals surface area contributed by atoms with Crippen molar-refractivity contribution in [3.05, 3.63) is 29.8 Å². The second-order valence-electron chi connectivity index (χ2n) is 6.01. The molecule has 1 heterocycles. The van der Waals surface area contributed by atoms with Crippen molar-refractivity contribution in [1.82, 2.24) is 4.90 Å². The first-order valence-electron chi connectivity index (χ1n) is 7.12. The number of rotatable bonds is 5. The Hall–Kier alpha value is -1.43. The topological polar surface area (TPSA) is 59.0 Å². The molecule has 1 unspecified atom stereocenters. The van der Waals surface area contributed by atoms with Crippen LogP contribution in [0, 0.1) is 0 Å². The van der Waals surface area contributed by atoms with Crippen LogP contribution in [-0.4, -0.2) is 60.8 Å². The molecular weight excluding hydrogens is 270 g/mol. The van der Waals surface area contributed by atoms with Gasteiger partial charge in [0, 0.05) is 18.7 Å². The van der Waals surface area contributed by atoms with E-state index in [9.17, 15) is 9.90 Å². The minimum Gasteiger partial charge on any atom is -0.497 e. The third-order valence-corrected chi connectivity index (χ3v) is 3.51. The van der Waals surface area contributed by atoms with Crippen molar-refractivity contribution in [2.24, 2.45) is 0 Å². The summed E-state index contributed by atoms with van der Waals surface area (Å²) in [6.07, 6.45) is -0.244. The van der Waals surface area contributed by atoms with Crippen molar-refractivity contribution in [2.75, 3.05) is 33.4 Å². The van der Waals surface area contributed by atoms with Gasteiger partial charge in [0.1, 0.15) is 5.75 Å². The van der Waals surface area contributed by atoms with E-state index in [1.165, 1.54) is 0 Å². The third kappa shape index (κ3) is 4.27. The highest BCUT2D eigenvalue weighted by molar-refractivity contribution is 5.97. The molecule has 0 saturated carbocycles. The maximum absolute atomic E-state index is 12.4. The number of ether oxygens (including phenoxy) is 2. The van der Waals surface area contributed by atoms with Crippen LogP contribution in [0.1, 0.15) is 24.2 Å². The van der Waals surface area contributed by atoms with E-state index in [-0.39, 0.29) is 24.1 Å². The van der Waals surface area contributed by atoms with Gasteiger partial charge in [-0.15, -0.1) is 0 Å². The molecule has 0 aromatic heterocycles. The molecule has 1 saturated heterocycles. The standard InChI is InChI=1S/C16H23NO4/c1-16(2)11-17(8-14(10-18)21-16)9-15(19)12-5-4-6-13(7-12)20-3/h4-7,14,18H,8-11H2,1-3H3. The molecule has 1 N–H and O–H groups in total. The molecular formula is C16H23NO4. The van der Waals surface area contributed by atoms with Crippen LogP contribution in [0.25, 0.3) is 0 Å². The van der Waals surface area contributed by atoms with E-state index in [0.717, 1.165) is 0 Å². The van der Waals surface area contributed by atoms with Crippen LogP contribution in [0.3, 0.4) is 0 Å². The molecule has 0 amide bonds. The molecule has 0 bridgehead atoms. The fourth-order valence-corrected chi connectivity index (χ4v) is 2.72. The van der Waals surface area contributed by atoms with Crippen molar-refractivity contribution in [1.29, 1.82) is 0 Å². The van der Waals surface area contributed by atoms with E-state index in [2.05, 4.69) is 0 Å². The van der Waals surface area contributed by atoms with Crippen LogP contribution >= 0.6 is 0 Å². The van der Waals surface area contributed by atoms with Gasteiger partial charge >= 0.3 is 0 Å². The lowest BCUT2D eigenvalue weighted by Crippen LogP contribution is -2.54. The first kappa shape index (κ1) is 15.9. The van der Waals surface area contributed by atoms with Crippen LogP contribution in [-0.2, 0) is 4.74 Å². The van der Waals surface area contributed by atoms with E-state index < -0.39 is 0 Å². The zero-order valence-electron chi connectivity index (χ0n) is 12.8. The molecule has 1 fully saturated rings. The number of nitrogens with zero attached hydrogens (tertiary/aromatic N) is 1. The summed E-state index contributed by atoms with van der Waals surface area (Å²) in [6.45, 7) is 5.45. The van der Waals surface area contributed by atoms with Crippen LogP contribution in [0.4, 0.5) is 0 Å². The summed E-state index contributed by atoms with van der Waals surface area (Å²) in [4.78, 5) is 14.4. The number of aliphatic hydroxyl groups is 1. The molecule has 1 atom stereocenters. The Morgan fingerprint density at radius 1 is 1.52 bits per heavy atom. The molecule has 1 aliphatic rings. The molecule has 116 valence electrons. The lowest BCUT2D eigenvalue weighted by molar-refractivity contribution is -0.146. The van der Waals surface area contributed by atoms with Crippen molar-refractivity contribution >= 4 is 5.78 Å². The van der Waals surface area contributed by atoms with Gasteiger partial charge in [0.2, 0.25) is 0 Å². The Morgan fingerprint density at radius 2 is 2.29 bits per heavy atom. The zero-order valence-corrected chi connectivity index (χ0v) is 12.8. The number of methoxy groups -OCH3 is 1. The van der Waals surface area contributed by atoms with Gasteiger partial charge in [-0.1, -0.05) is 12.1 Å². The fraction of sp³-hybridized carbons (Fsp3) is 0.562. The summed E-state index contributed by atoms with van der Waals surface area (Å²) in [5.74, 6) is 0.722. The normalized spacial score (nSPS) is 22.0. The van der Waals surface area contributed by atoms with Crippen molar-refractivity contribution < 1.29 is 19.4 Å². The number of carbonyl (C=O) groups is 1. The van der Waals surface area contributed by atoms with E-state index in [1.54, 1.807) is 19.2 Å². The fourth-order valence-electron chi connectivity index (χ4n) is 2.72. The number of Topliss-reactive ketones (excluding diaryl/α,β-unsaturated/α-hetero) is 1. The highest BCUT2D eigenvalue weighted by atomic mass is 16.5. The summed E-state index contributed by atoms with van der Waals surface area (Å²) < 4.78 is 10.9. The Balaban J connectivity index is 2.04. The first-order chi connectivity index (χ1) is 9.93. The summed E-state index contributed by atoms with van der Waals surface area (Å²) in [5, 5.41) is 9.31. The minimum atomic E-state index is -0.361. The quantitative estimate of drug-likeness (QED) is 0.831. The first-order valence-corrected chi connectivity index (χ1v) is 7.12. The molecule has 1 aromatic rings. The maximum Gasteiger partial charge on any atom is 0.176 e. The molecule has 5 heteroatoms. The SMILES string of the molecule is COc1cccc(C(=O)CN2CC(CO)OC(C)(C)C2)c1. The maximum atomic E-state index is 12.4. The molecule has 0 spiro atoms. The predicted octanol–water partition coefficient (Wildman–Crippen LogP) is 1.35. The van der Waals surface area contributed by atoms with Crippen molar-refractivity contribution in [2.45, 2.75) is 25.6 Å². The number of hydrogen-bond acceptors (Lipinski definition) is 5. The lowest BCUT2D eigenvalue weighted by atomic mass is 10.0. The number of hydrogen-bond donors (Lipinski definition) is 1. The number of morpholine rings is 1. The molecule has 1 aromatic carbocycles. The average molecular weight is 293 g/mol. The highest BCUT2D eigenvalue weighted by Gasteiger charge is 2.33. The van der Waals surface area contributed by atoms with Gasteiger partial charge in [-0.2, -0.15) is 0 Å². The summed E-state index contributed by atoms with van der Waals surface area (Å²) in [7, 11) is 1.58. The molecule has 1 aliphatic heterocycles. The van der Waals surface area contributed by atoms with E-state index in [4.69, 9.17) is 9.47 Å². The van der Waals surface area contributed by atoms with Gasteiger partial charge < -0.3 is 14.6 Å². The molecule has 0 radical (unpaired) electrons. The number of aliphatic hydroxyl groups excluding tert-OH is 1. The molecule has 2 rings (SSSR count). The van der Waals surface area contributed by atoms with E-state index in [1.807, 2.05) is 30.9 Å². The van der Waals surface area contributed by atoms with Crippen LogP contribution in [0.2, 0.25) is 0 Å². The van der Waals surface area contributed by atoms with Gasteiger partial charge in [-0.3, -0.25) is 9.69 Å². The zero-order chi connectivity index (χ0) is 15.5. The summed E-state index contributed by atoms with van der Waals surface area (Å²) >= 11 is 0. The Kier molecular flexibility index (Phi) is 4.98. The minimum absolute atomic E-state index is 0.0344. The summed E-state index contributed by atoms with van der Waals surface area (Å²) in [5.41, 5.74) is 0.277. The van der Waals surface area contributed by atoms with Gasteiger partial charge in [0.05, 0.1) is 32.0 Å². The Bertz CT molecular complexity index is 501. The predicted molar refractivity (Wildman–Crippen MR) is 79.8 cm³/mol. The number of benzene rings is 1. The molecule has 21 heavy (non-hydrogen) atoms. The van der Waals surface area contributed by atoms with Gasteiger partial charge in [-0.25, -0.2) is 0 Å². The summed E-state index contributed by atoms with van der Waals surface area (Å²) in [6, 6.07) is 7.17. The lowest BCUT2D eigenvalue weighted by Gasteiger charge is -2.42. The van der Waals surface area contributed by atoms with Gasteiger partial charge in [0.25, 0.3) is 0 Å². The Morgan fingerprint density at radius 3 is 2.95 bits per heavy atom. The van der Waals surface area contributed by atoms with Crippen LogP contribution in [0.15, 0.2) is 24.3 Å². The monoisotopic (exact) mass is 293 g/mol. The molecule has 5 nitrogen and oxygen atoms in total. The molecule has 0 aliphatic carbocycles. The van der Waals surface area contributed by atoms with Gasteiger partial charge in [-0.05, 0) is 26.0 Å².